The molecule has 4 fully saturated rings. The number of piperidine rings is 2. The van der Waals surface area contributed by atoms with Crippen LogP contribution in [0.25, 0.3) is 0 Å². The van der Waals surface area contributed by atoms with Crippen LogP contribution in [0.4, 0.5) is 4.79 Å². The van der Waals surface area contributed by atoms with E-state index in [0.717, 1.165) is 25.9 Å². The van der Waals surface area contributed by atoms with Crippen molar-refractivity contribution in [2.24, 2.45) is 11.8 Å². The van der Waals surface area contributed by atoms with Crippen LogP contribution in [-0.2, 0) is 19.5 Å². The van der Waals surface area contributed by atoms with Crippen LogP contribution in [0, 0.1) is 11.8 Å². The van der Waals surface area contributed by atoms with E-state index in [1.165, 1.54) is 4.90 Å². The molecule has 3 saturated heterocycles. The van der Waals surface area contributed by atoms with Gasteiger partial charge in [0, 0.05) is 11.7 Å². The Morgan fingerprint density at radius 3 is 2.50 bits per heavy atom. The molecule has 3 N–H and O–H groups in total. The monoisotopic (exact) mass is 386 g/mol. The van der Waals surface area contributed by atoms with Crippen LogP contribution in [0.5, 0.6) is 0 Å². The fourth-order valence-electron chi connectivity index (χ4n) is 4.73. The van der Waals surface area contributed by atoms with Crippen molar-refractivity contribution >= 4 is 22.3 Å². The van der Waals surface area contributed by atoms with Crippen LogP contribution >= 0.6 is 0 Å². The van der Waals surface area contributed by atoms with Crippen molar-refractivity contribution in [1.82, 2.24) is 20.6 Å². The molecule has 0 spiro atoms. The van der Waals surface area contributed by atoms with Gasteiger partial charge in [-0.15, -0.1) is 4.28 Å². The number of nitrogens with zero attached hydrogens (tertiary/aromatic N) is 2. The minimum atomic E-state index is -4.84. The van der Waals surface area contributed by atoms with Crippen molar-refractivity contribution in [1.29, 1.82) is 0 Å². The third-order valence-corrected chi connectivity index (χ3v) is 6.27. The Bertz CT molecular complexity index is 739. The Hall–Kier alpha value is -1.69. The maximum absolute atomic E-state index is 12.9. The van der Waals surface area contributed by atoms with Crippen molar-refractivity contribution in [3.63, 3.8) is 0 Å². The Morgan fingerprint density at radius 1 is 1.23 bits per heavy atom. The minimum Gasteiger partial charge on any atom is -0.351 e. The first-order valence-corrected chi connectivity index (χ1v) is 10.1. The summed E-state index contributed by atoms with van der Waals surface area (Å²) >= 11 is 0. The van der Waals surface area contributed by atoms with Gasteiger partial charge in [-0.2, -0.15) is 13.5 Å². The van der Waals surface area contributed by atoms with E-state index in [2.05, 4.69) is 21.5 Å². The number of rotatable bonds is 4. The van der Waals surface area contributed by atoms with Gasteiger partial charge in [0.15, 0.2) is 0 Å². The van der Waals surface area contributed by atoms with Crippen LogP contribution in [0.15, 0.2) is 12.3 Å². The van der Waals surface area contributed by atoms with Gasteiger partial charge in [0.05, 0.1) is 0 Å². The first-order chi connectivity index (χ1) is 12.3. The summed E-state index contributed by atoms with van der Waals surface area (Å²) in [5.41, 5.74) is 0.304. The molecular formula is C15H22N4O6S. The van der Waals surface area contributed by atoms with Crippen LogP contribution in [0.2, 0.25) is 0 Å². The second kappa shape index (κ2) is 6.19. The molecule has 4 atom stereocenters. The van der Waals surface area contributed by atoms with Gasteiger partial charge in [0.2, 0.25) is 5.91 Å². The SMILES string of the molecule is C=C1[C@H]2CCC(C(=O)NC3C4CCC3CNC4)N1C(=O)N2OS(=O)(=O)O. The lowest BCUT2D eigenvalue weighted by Crippen LogP contribution is -2.56. The number of carbonyl (C=O) groups is 2. The van der Waals surface area contributed by atoms with E-state index in [1.807, 2.05) is 0 Å². The standard InChI is InChI=1S/C15H22N4O6S/c1-8-11-4-5-12(18(8)15(21)19(11)25-26(22,23)24)14(20)17-13-9-2-3-10(13)7-16-6-9/h9-13,16H,1-7H2,(H,17,20)(H,22,23,24)/t9?,10?,11-,12?,13?/m1/s1. The number of hydrogen-bond acceptors (Lipinski definition) is 6. The van der Waals surface area contributed by atoms with Crippen molar-refractivity contribution in [3.8, 4) is 0 Å². The summed E-state index contributed by atoms with van der Waals surface area (Å²) < 4.78 is 35.3. The lowest BCUT2D eigenvalue weighted by molar-refractivity contribution is -0.126. The zero-order valence-electron chi connectivity index (χ0n) is 14.1. The summed E-state index contributed by atoms with van der Waals surface area (Å²) in [4.78, 5) is 26.6. The molecular weight excluding hydrogens is 364 g/mol. The molecule has 4 aliphatic rings. The molecule has 0 aromatic carbocycles. The first-order valence-electron chi connectivity index (χ1n) is 8.75. The maximum atomic E-state index is 12.9. The van der Waals surface area contributed by atoms with E-state index < -0.39 is 28.5 Å². The van der Waals surface area contributed by atoms with Crippen LogP contribution in [0.3, 0.4) is 0 Å². The third kappa shape index (κ3) is 2.88. The van der Waals surface area contributed by atoms with Gasteiger partial charge in [-0.3, -0.25) is 14.2 Å². The molecule has 144 valence electrons. The number of hydroxylamine groups is 2. The highest BCUT2D eigenvalue weighted by Gasteiger charge is 2.52. The van der Waals surface area contributed by atoms with Gasteiger partial charge in [-0.25, -0.2) is 4.79 Å². The van der Waals surface area contributed by atoms with E-state index in [9.17, 15) is 18.0 Å². The molecule has 4 bridgehead atoms. The highest BCUT2D eigenvalue weighted by molar-refractivity contribution is 7.80. The second-order valence-corrected chi connectivity index (χ2v) is 8.38. The largest absolute Gasteiger partial charge is 0.418 e. The number of amides is 3. The fourth-order valence-corrected chi connectivity index (χ4v) is 5.11. The minimum absolute atomic E-state index is 0.0950. The highest BCUT2D eigenvalue weighted by Crippen LogP contribution is 2.38. The van der Waals surface area contributed by atoms with Gasteiger partial charge in [-0.05, 0) is 50.6 Å². The summed E-state index contributed by atoms with van der Waals surface area (Å²) in [7, 11) is -4.84. The average Bonchev–Trinajstić information content (AvgIpc) is 2.86. The molecule has 3 aliphatic heterocycles. The predicted octanol–water partition coefficient (Wildman–Crippen LogP) is -0.383. The quantitative estimate of drug-likeness (QED) is 0.562. The van der Waals surface area contributed by atoms with Crippen molar-refractivity contribution in [3.05, 3.63) is 12.3 Å². The van der Waals surface area contributed by atoms with E-state index >= 15 is 0 Å². The number of carbonyl (C=O) groups excluding carboxylic acids is 2. The number of urea groups is 1. The van der Waals surface area contributed by atoms with Crippen LogP contribution < -0.4 is 10.6 Å². The Balaban J connectivity index is 1.49. The van der Waals surface area contributed by atoms with Crippen molar-refractivity contribution in [2.75, 3.05) is 13.1 Å². The zero-order valence-corrected chi connectivity index (χ0v) is 14.9. The maximum Gasteiger partial charge on any atom is 0.418 e. The lowest BCUT2D eigenvalue weighted by Gasteiger charge is -2.35. The average molecular weight is 386 g/mol. The third-order valence-electron chi connectivity index (χ3n) is 5.92. The first kappa shape index (κ1) is 17.7. The lowest BCUT2D eigenvalue weighted by atomic mass is 9.92. The smallest absolute Gasteiger partial charge is 0.351 e. The Labute approximate surface area is 151 Å². The molecule has 0 radical (unpaired) electrons. The van der Waals surface area contributed by atoms with E-state index in [0.29, 0.717) is 35.4 Å². The van der Waals surface area contributed by atoms with Gasteiger partial charge in [0.1, 0.15) is 12.1 Å². The molecule has 11 heteroatoms. The van der Waals surface area contributed by atoms with Gasteiger partial charge >= 0.3 is 16.4 Å². The van der Waals surface area contributed by atoms with Gasteiger partial charge < -0.3 is 10.6 Å². The zero-order chi connectivity index (χ0) is 18.6. The van der Waals surface area contributed by atoms with Crippen molar-refractivity contribution in [2.45, 2.75) is 43.8 Å². The number of hydrogen-bond donors (Lipinski definition) is 3. The highest BCUT2D eigenvalue weighted by atomic mass is 32.3. The fraction of sp³-hybridized carbons (Fsp3) is 0.733. The molecule has 1 saturated carbocycles. The van der Waals surface area contributed by atoms with Crippen LogP contribution in [0.1, 0.15) is 25.7 Å². The number of nitrogens with one attached hydrogen (secondary N) is 2. The Morgan fingerprint density at radius 2 is 1.88 bits per heavy atom. The van der Waals surface area contributed by atoms with Crippen LogP contribution in [-0.4, -0.2) is 66.1 Å². The molecule has 1 aliphatic carbocycles. The molecule has 10 nitrogen and oxygen atoms in total. The topological polar surface area (TPSA) is 128 Å². The molecule has 0 aromatic heterocycles. The summed E-state index contributed by atoms with van der Waals surface area (Å²) in [6.45, 7) is 5.56. The molecule has 3 heterocycles. The van der Waals surface area contributed by atoms with Crippen molar-refractivity contribution < 1.29 is 26.8 Å². The molecule has 3 unspecified atom stereocenters. The van der Waals surface area contributed by atoms with Gasteiger partial charge in [-0.1, -0.05) is 6.58 Å². The summed E-state index contributed by atoms with van der Waals surface area (Å²) in [6, 6.07) is -2.17. The Kier molecular flexibility index (Phi) is 4.21. The van der Waals surface area contributed by atoms with E-state index in [4.69, 9.17) is 4.55 Å². The molecule has 0 aromatic rings. The molecule has 3 amide bonds. The molecule has 26 heavy (non-hydrogen) atoms. The van der Waals surface area contributed by atoms with E-state index in [-0.39, 0.29) is 11.9 Å². The van der Waals surface area contributed by atoms with Gasteiger partial charge in [0.25, 0.3) is 0 Å². The summed E-state index contributed by atoms with van der Waals surface area (Å²) in [5, 5.41) is 7.04. The number of fused-ring (bicyclic) bond motifs is 4. The summed E-state index contributed by atoms with van der Waals surface area (Å²) in [5.74, 6) is 0.534. The normalized spacial score (nSPS) is 36.6. The predicted molar refractivity (Wildman–Crippen MR) is 88.7 cm³/mol. The van der Waals surface area contributed by atoms with E-state index in [1.54, 1.807) is 0 Å². The molecule has 4 rings (SSSR count). The summed E-state index contributed by atoms with van der Waals surface area (Å²) in [6.07, 6.45) is 2.84. The second-order valence-electron chi connectivity index (χ2n) is 7.37.